The second-order valence-corrected chi connectivity index (χ2v) is 6.68. The Morgan fingerprint density at radius 3 is 2.70 bits per heavy atom. The molecule has 6 heteroatoms. The Balaban J connectivity index is 2.05. The third-order valence-electron chi connectivity index (χ3n) is 4.76. The summed E-state index contributed by atoms with van der Waals surface area (Å²) in [6, 6.07) is 9.96. The molecule has 0 saturated carbocycles. The van der Waals surface area contributed by atoms with Crippen molar-refractivity contribution in [2.45, 2.75) is 18.8 Å². The summed E-state index contributed by atoms with van der Waals surface area (Å²) in [6.45, 7) is 7.68. The fourth-order valence-electron chi connectivity index (χ4n) is 3.19. The lowest BCUT2D eigenvalue weighted by Gasteiger charge is -2.31. The molecule has 1 aliphatic rings. The number of carbonyl (C=O) groups excluding carboxylic acids is 1. The summed E-state index contributed by atoms with van der Waals surface area (Å²) in [5.41, 5.74) is 1.02. The summed E-state index contributed by atoms with van der Waals surface area (Å²) < 4.78 is 5.39. The van der Waals surface area contributed by atoms with Gasteiger partial charge >= 0.3 is 0 Å². The molecule has 1 amide bonds. The van der Waals surface area contributed by atoms with Gasteiger partial charge in [0.15, 0.2) is 5.96 Å². The smallest absolute Gasteiger partial charge is 0.232 e. The minimum Gasteiger partial charge on any atom is -0.378 e. The lowest BCUT2D eigenvalue weighted by molar-refractivity contribution is -0.136. The van der Waals surface area contributed by atoms with Crippen molar-refractivity contribution in [3.63, 3.8) is 0 Å². The third kappa shape index (κ3) is 6.40. The number of hydrogen-bond acceptors (Lipinski definition) is 3. The normalized spacial score (nSPS) is 15.9. The molecule has 148 valence electrons. The Hall–Kier alpha value is -2.34. The van der Waals surface area contributed by atoms with Gasteiger partial charge in [0.05, 0.1) is 19.1 Å². The van der Waals surface area contributed by atoms with Crippen LogP contribution < -0.4 is 5.32 Å². The van der Waals surface area contributed by atoms with Crippen molar-refractivity contribution in [3.8, 4) is 0 Å². The van der Waals surface area contributed by atoms with E-state index in [9.17, 15) is 4.79 Å². The first-order valence-electron chi connectivity index (χ1n) is 9.61. The maximum atomic E-state index is 13.1. The zero-order valence-corrected chi connectivity index (χ0v) is 16.6. The number of nitrogens with one attached hydrogen (secondary N) is 1. The van der Waals surface area contributed by atoms with Crippen molar-refractivity contribution < 1.29 is 9.53 Å². The van der Waals surface area contributed by atoms with E-state index in [-0.39, 0.29) is 11.8 Å². The lowest BCUT2D eigenvalue weighted by atomic mass is 9.97. The SMILES string of the molecule is C=CCCCN(C)C(=NC)NCC(C(=O)N1CCOCC1)c1ccccc1. The molecule has 1 unspecified atom stereocenters. The molecule has 0 spiro atoms. The molecule has 0 bridgehead atoms. The van der Waals surface area contributed by atoms with Gasteiger partial charge < -0.3 is 19.9 Å². The Kier molecular flexibility index (Phi) is 8.84. The third-order valence-corrected chi connectivity index (χ3v) is 4.76. The first-order chi connectivity index (χ1) is 13.2. The number of benzene rings is 1. The first-order valence-corrected chi connectivity index (χ1v) is 9.61. The van der Waals surface area contributed by atoms with E-state index in [0.717, 1.165) is 30.9 Å². The van der Waals surface area contributed by atoms with Gasteiger partial charge in [0.2, 0.25) is 5.91 Å². The van der Waals surface area contributed by atoms with Gasteiger partial charge in [-0.3, -0.25) is 9.79 Å². The lowest BCUT2D eigenvalue weighted by Crippen LogP contribution is -2.47. The highest BCUT2D eigenvalue weighted by molar-refractivity contribution is 5.86. The standard InChI is InChI=1S/C21H32N4O2/c1-4-5-9-12-24(3)21(22-2)23-17-19(18-10-7-6-8-11-18)20(26)25-13-15-27-16-14-25/h4,6-8,10-11,19H,1,5,9,12-17H2,2-3H3,(H,22,23). The number of unbranched alkanes of at least 4 members (excludes halogenated alkanes) is 1. The molecule has 6 nitrogen and oxygen atoms in total. The van der Waals surface area contributed by atoms with Crippen molar-refractivity contribution in [2.75, 3.05) is 53.5 Å². The van der Waals surface area contributed by atoms with Gasteiger partial charge in [-0.05, 0) is 18.4 Å². The van der Waals surface area contributed by atoms with Crippen LogP contribution in [-0.2, 0) is 9.53 Å². The van der Waals surface area contributed by atoms with Crippen molar-refractivity contribution in [1.29, 1.82) is 0 Å². The zero-order valence-electron chi connectivity index (χ0n) is 16.6. The van der Waals surface area contributed by atoms with Gasteiger partial charge in [-0.15, -0.1) is 6.58 Å². The molecule has 1 heterocycles. The van der Waals surface area contributed by atoms with Gasteiger partial charge in [0, 0.05) is 40.3 Å². The molecule has 27 heavy (non-hydrogen) atoms. The highest BCUT2D eigenvalue weighted by Crippen LogP contribution is 2.19. The number of amides is 1. The highest BCUT2D eigenvalue weighted by Gasteiger charge is 2.27. The molecule has 1 N–H and O–H groups in total. The summed E-state index contributed by atoms with van der Waals surface area (Å²) in [6.07, 6.45) is 3.93. The number of hydrogen-bond donors (Lipinski definition) is 1. The van der Waals surface area contributed by atoms with Crippen molar-refractivity contribution in [1.82, 2.24) is 15.1 Å². The molecule has 1 fully saturated rings. The van der Waals surface area contributed by atoms with E-state index in [2.05, 4.69) is 21.8 Å². The van der Waals surface area contributed by atoms with Gasteiger partial charge in [-0.1, -0.05) is 36.4 Å². The second kappa shape index (κ2) is 11.4. The number of morpholine rings is 1. The van der Waals surface area contributed by atoms with E-state index >= 15 is 0 Å². The van der Waals surface area contributed by atoms with E-state index in [1.54, 1.807) is 7.05 Å². The predicted molar refractivity (Wildman–Crippen MR) is 110 cm³/mol. The van der Waals surface area contributed by atoms with E-state index in [1.807, 2.05) is 48.4 Å². The Morgan fingerprint density at radius 2 is 2.07 bits per heavy atom. The first kappa shape index (κ1) is 21.0. The van der Waals surface area contributed by atoms with E-state index in [1.165, 1.54) is 0 Å². The average Bonchev–Trinajstić information content (AvgIpc) is 2.72. The largest absolute Gasteiger partial charge is 0.378 e. The van der Waals surface area contributed by atoms with Crippen LogP contribution in [0.3, 0.4) is 0 Å². The minimum absolute atomic E-state index is 0.141. The summed E-state index contributed by atoms with van der Waals surface area (Å²) in [4.78, 5) is 21.5. The second-order valence-electron chi connectivity index (χ2n) is 6.68. The van der Waals surface area contributed by atoms with Crippen molar-refractivity contribution in [2.24, 2.45) is 4.99 Å². The Morgan fingerprint density at radius 1 is 1.37 bits per heavy atom. The summed E-state index contributed by atoms with van der Waals surface area (Å²) in [7, 11) is 3.79. The topological polar surface area (TPSA) is 57.2 Å². The molecule has 0 aromatic heterocycles. The molecule has 0 aliphatic carbocycles. The summed E-state index contributed by atoms with van der Waals surface area (Å²) in [5.74, 6) is 0.694. The molecular weight excluding hydrogens is 340 g/mol. The summed E-state index contributed by atoms with van der Waals surface area (Å²) >= 11 is 0. The maximum Gasteiger partial charge on any atom is 0.232 e. The minimum atomic E-state index is -0.248. The number of guanidine groups is 1. The van der Waals surface area contributed by atoms with Crippen molar-refractivity contribution >= 4 is 11.9 Å². The molecule has 2 rings (SSSR count). The Bertz CT molecular complexity index is 612. The Labute approximate surface area is 162 Å². The molecule has 0 radical (unpaired) electrons. The molecule has 1 atom stereocenters. The maximum absolute atomic E-state index is 13.1. The van der Waals surface area contributed by atoms with Gasteiger partial charge in [0.1, 0.15) is 0 Å². The van der Waals surface area contributed by atoms with Gasteiger partial charge in [-0.25, -0.2) is 0 Å². The zero-order chi connectivity index (χ0) is 19.5. The van der Waals surface area contributed by atoms with Crippen LogP contribution in [-0.4, -0.2) is 75.2 Å². The van der Waals surface area contributed by atoms with Crippen molar-refractivity contribution in [3.05, 3.63) is 48.6 Å². The van der Waals surface area contributed by atoms with E-state index in [4.69, 9.17) is 4.74 Å². The van der Waals surface area contributed by atoms with E-state index in [0.29, 0.717) is 32.8 Å². The fourth-order valence-corrected chi connectivity index (χ4v) is 3.19. The number of allylic oxidation sites excluding steroid dienone is 1. The predicted octanol–water partition coefficient (Wildman–Crippen LogP) is 2.10. The number of aliphatic imine (C=N–C) groups is 1. The molecule has 1 saturated heterocycles. The number of nitrogens with zero attached hydrogens (tertiary/aromatic N) is 3. The van der Waals surface area contributed by atoms with Crippen LogP contribution in [0.4, 0.5) is 0 Å². The van der Waals surface area contributed by atoms with Crippen LogP contribution in [0.15, 0.2) is 48.0 Å². The fraction of sp³-hybridized carbons (Fsp3) is 0.524. The number of ether oxygens (including phenoxy) is 1. The van der Waals surface area contributed by atoms with Gasteiger partial charge in [-0.2, -0.15) is 0 Å². The summed E-state index contributed by atoms with van der Waals surface area (Å²) in [5, 5.41) is 3.39. The molecule has 1 aromatic carbocycles. The molecular formula is C21H32N4O2. The monoisotopic (exact) mass is 372 g/mol. The van der Waals surface area contributed by atoms with Crippen LogP contribution in [0.1, 0.15) is 24.3 Å². The molecule has 1 aliphatic heterocycles. The van der Waals surface area contributed by atoms with Crippen LogP contribution in [0, 0.1) is 0 Å². The van der Waals surface area contributed by atoms with E-state index < -0.39 is 0 Å². The number of rotatable bonds is 8. The average molecular weight is 373 g/mol. The highest BCUT2D eigenvalue weighted by atomic mass is 16.5. The van der Waals surface area contributed by atoms with Crippen LogP contribution in [0.2, 0.25) is 0 Å². The van der Waals surface area contributed by atoms with Crippen LogP contribution in [0.5, 0.6) is 0 Å². The van der Waals surface area contributed by atoms with Crippen LogP contribution in [0.25, 0.3) is 0 Å². The van der Waals surface area contributed by atoms with Gasteiger partial charge in [0.25, 0.3) is 0 Å². The molecule has 1 aromatic rings. The number of carbonyl (C=O) groups is 1. The quantitative estimate of drug-likeness (QED) is 0.329. The van der Waals surface area contributed by atoms with Crippen LogP contribution >= 0.6 is 0 Å².